The molecule has 174 valence electrons. The van der Waals surface area contributed by atoms with Crippen molar-refractivity contribution in [2.45, 2.75) is 50.7 Å². The van der Waals surface area contributed by atoms with E-state index in [-0.39, 0.29) is 18.0 Å². The fourth-order valence-electron chi connectivity index (χ4n) is 4.60. The maximum absolute atomic E-state index is 12.5. The molecule has 0 saturated carbocycles. The molecule has 2 amide bonds. The van der Waals surface area contributed by atoms with Crippen LogP contribution in [0.4, 0.5) is 16.2 Å². The number of carbonyl (C=O) groups excluding carboxylic acids is 2. The minimum atomic E-state index is -0.376. The van der Waals surface area contributed by atoms with Crippen LogP contribution in [0.2, 0.25) is 5.02 Å². The van der Waals surface area contributed by atoms with E-state index in [0.29, 0.717) is 35.0 Å². The molecule has 7 nitrogen and oxygen atoms in total. The molecule has 2 aromatic rings. The third-order valence-corrected chi connectivity index (χ3v) is 6.62. The number of urea groups is 1. The highest BCUT2D eigenvalue weighted by Gasteiger charge is 2.42. The lowest BCUT2D eigenvalue weighted by atomic mass is 9.98. The van der Waals surface area contributed by atoms with Crippen LogP contribution in [-0.2, 0) is 4.74 Å². The van der Waals surface area contributed by atoms with Crippen LogP contribution in [0.15, 0.2) is 48.5 Å². The van der Waals surface area contributed by atoms with Crippen molar-refractivity contribution in [3.8, 4) is 0 Å². The van der Waals surface area contributed by atoms with Gasteiger partial charge in [-0.2, -0.15) is 0 Å². The highest BCUT2D eigenvalue weighted by atomic mass is 35.5. The summed E-state index contributed by atoms with van der Waals surface area (Å²) in [6, 6.07) is 14.6. The molecule has 3 N–H and O–H groups in total. The summed E-state index contributed by atoms with van der Waals surface area (Å²) in [7, 11) is 0. The number of fused-ring (bicyclic) bond motifs is 2. The highest BCUT2D eigenvalue weighted by molar-refractivity contribution is 7.80. The van der Waals surface area contributed by atoms with Gasteiger partial charge >= 0.3 is 12.0 Å². The van der Waals surface area contributed by atoms with E-state index in [1.165, 1.54) is 0 Å². The first kappa shape index (κ1) is 23.3. The summed E-state index contributed by atoms with van der Waals surface area (Å²) in [5.41, 5.74) is 1.99. The Morgan fingerprint density at radius 3 is 2.18 bits per heavy atom. The Bertz CT molecular complexity index is 1000. The molecule has 33 heavy (non-hydrogen) atoms. The maximum Gasteiger partial charge on any atom is 0.338 e. The monoisotopic (exact) mass is 486 g/mol. The van der Waals surface area contributed by atoms with Crippen LogP contribution >= 0.6 is 23.8 Å². The zero-order chi connectivity index (χ0) is 23.4. The van der Waals surface area contributed by atoms with E-state index in [9.17, 15) is 9.59 Å². The smallest absolute Gasteiger partial charge is 0.338 e. The Balaban J connectivity index is 1.29. The summed E-state index contributed by atoms with van der Waals surface area (Å²) in [5, 5.41) is 10.7. The molecule has 2 atom stereocenters. The molecular formula is C24H27ClN4O3S. The van der Waals surface area contributed by atoms with Gasteiger partial charge in [-0.05, 0) is 93.4 Å². The number of anilines is 2. The number of carbonyl (C=O) groups is 2. The van der Waals surface area contributed by atoms with E-state index in [0.717, 1.165) is 36.5 Å². The quantitative estimate of drug-likeness (QED) is 0.406. The molecule has 4 rings (SSSR count). The van der Waals surface area contributed by atoms with Gasteiger partial charge in [0.15, 0.2) is 5.11 Å². The number of esters is 1. The van der Waals surface area contributed by atoms with Crippen molar-refractivity contribution in [1.82, 2.24) is 10.2 Å². The van der Waals surface area contributed by atoms with Gasteiger partial charge in [0.2, 0.25) is 0 Å². The molecule has 2 bridgehead atoms. The normalized spacial score (nSPS) is 21.3. The molecule has 0 unspecified atom stereocenters. The second-order valence-electron chi connectivity index (χ2n) is 8.29. The number of thiocarbonyl (C=S) groups is 1. The second kappa shape index (κ2) is 10.4. The third-order valence-electron chi connectivity index (χ3n) is 6.05. The molecule has 2 heterocycles. The summed E-state index contributed by atoms with van der Waals surface area (Å²) >= 11 is 11.7. The van der Waals surface area contributed by atoms with Crippen molar-refractivity contribution in [3.63, 3.8) is 0 Å². The third kappa shape index (κ3) is 5.75. The van der Waals surface area contributed by atoms with Gasteiger partial charge in [-0.3, -0.25) is 0 Å². The number of ether oxygens (including phenoxy) is 1. The van der Waals surface area contributed by atoms with Gasteiger partial charge in [0.1, 0.15) is 0 Å². The zero-order valence-electron chi connectivity index (χ0n) is 18.3. The van der Waals surface area contributed by atoms with Crippen molar-refractivity contribution in [2.24, 2.45) is 0 Å². The van der Waals surface area contributed by atoms with Gasteiger partial charge in [-0.25, -0.2) is 9.59 Å². The minimum absolute atomic E-state index is 0.0795. The largest absolute Gasteiger partial charge is 0.462 e. The summed E-state index contributed by atoms with van der Waals surface area (Å²) in [6.45, 7) is 2.09. The van der Waals surface area contributed by atoms with Crippen LogP contribution in [0.3, 0.4) is 0 Å². The van der Waals surface area contributed by atoms with Gasteiger partial charge < -0.3 is 25.6 Å². The lowest BCUT2D eigenvalue weighted by Gasteiger charge is -2.40. The summed E-state index contributed by atoms with van der Waals surface area (Å²) in [4.78, 5) is 26.6. The van der Waals surface area contributed by atoms with Gasteiger partial charge in [0.05, 0.1) is 12.2 Å². The van der Waals surface area contributed by atoms with Crippen LogP contribution in [0.5, 0.6) is 0 Å². The SMILES string of the molecule is CCOC(=O)c1ccc(NC(=O)NC2C[C@@H]3CC[C@@H](C2)N3C(=S)Nc2ccc(Cl)cc2)cc1. The number of hydrogen-bond donors (Lipinski definition) is 3. The van der Waals surface area contributed by atoms with Crippen molar-refractivity contribution in [3.05, 3.63) is 59.1 Å². The van der Waals surface area contributed by atoms with E-state index in [4.69, 9.17) is 28.6 Å². The van der Waals surface area contributed by atoms with Crippen LogP contribution in [0.25, 0.3) is 0 Å². The van der Waals surface area contributed by atoms with Crippen LogP contribution in [0, 0.1) is 0 Å². The Hall–Kier alpha value is -2.84. The molecule has 2 saturated heterocycles. The predicted octanol–water partition coefficient (Wildman–Crippen LogP) is 5.03. The predicted molar refractivity (Wildman–Crippen MR) is 134 cm³/mol. The topological polar surface area (TPSA) is 82.7 Å². The number of nitrogens with zero attached hydrogens (tertiary/aromatic N) is 1. The van der Waals surface area contributed by atoms with Gasteiger partial charge in [-0.15, -0.1) is 0 Å². The first-order valence-corrected chi connectivity index (χ1v) is 11.9. The van der Waals surface area contributed by atoms with Crippen molar-refractivity contribution >= 4 is 52.3 Å². The molecule has 0 aromatic heterocycles. The average molecular weight is 487 g/mol. The number of nitrogens with one attached hydrogen (secondary N) is 3. The van der Waals surface area contributed by atoms with Crippen LogP contribution < -0.4 is 16.0 Å². The number of amides is 2. The Morgan fingerprint density at radius 1 is 1.00 bits per heavy atom. The van der Waals surface area contributed by atoms with Gasteiger partial charge in [-0.1, -0.05) is 11.6 Å². The Kier molecular flexibility index (Phi) is 7.35. The number of benzene rings is 2. The highest BCUT2D eigenvalue weighted by Crippen LogP contribution is 2.36. The molecule has 0 aliphatic carbocycles. The molecule has 2 aliphatic rings. The Labute approximate surface area is 203 Å². The minimum Gasteiger partial charge on any atom is -0.462 e. The van der Waals surface area contributed by atoms with Crippen LogP contribution in [-0.4, -0.2) is 46.7 Å². The number of halogens is 1. The lowest BCUT2D eigenvalue weighted by Crippen LogP contribution is -2.54. The zero-order valence-corrected chi connectivity index (χ0v) is 19.9. The van der Waals surface area contributed by atoms with E-state index >= 15 is 0 Å². The van der Waals surface area contributed by atoms with E-state index in [2.05, 4.69) is 20.9 Å². The first-order chi connectivity index (χ1) is 15.9. The first-order valence-electron chi connectivity index (χ1n) is 11.1. The summed E-state index contributed by atoms with van der Waals surface area (Å²) in [5.74, 6) is -0.376. The molecule has 2 aromatic carbocycles. The number of piperidine rings is 1. The molecular weight excluding hydrogens is 460 g/mol. The number of hydrogen-bond acceptors (Lipinski definition) is 4. The number of rotatable bonds is 5. The molecule has 9 heteroatoms. The molecule has 2 aliphatic heterocycles. The molecule has 0 spiro atoms. The van der Waals surface area contributed by atoms with Gasteiger partial charge in [0.25, 0.3) is 0 Å². The van der Waals surface area contributed by atoms with Gasteiger partial charge in [0, 0.05) is 34.5 Å². The fraction of sp³-hybridized carbons (Fsp3) is 0.375. The van der Waals surface area contributed by atoms with Crippen LogP contribution in [0.1, 0.15) is 43.0 Å². The molecule has 2 fully saturated rings. The lowest BCUT2D eigenvalue weighted by molar-refractivity contribution is 0.0526. The Morgan fingerprint density at radius 2 is 1.58 bits per heavy atom. The second-order valence-corrected chi connectivity index (χ2v) is 9.12. The van der Waals surface area contributed by atoms with Crippen molar-refractivity contribution < 1.29 is 14.3 Å². The fourth-order valence-corrected chi connectivity index (χ4v) is 5.15. The summed E-state index contributed by atoms with van der Waals surface area (Å²) < 4.78 is 4.98. The van der Waals surface area contributed by atoms with E-state index in [1.807, 2.05) is 24.3 Å². The maximum atomic E-state index is 12.5. The standard InChI is InChI=1S/C24H27ClN4O3S/c1-2-32-22(30)15-3-7-17(8-4-15)26-23(31)27-19-13-20-11-12-21(14-19)29(20)24(33)28-18-9-5-16(25)6-10-18/h3-10,19-21H,2,11-14H2,1H3,(H,28,33)(H2,26,27,31)/t20-,21-/m0/s1. The van der Waals surface area contributed by atoms with Crippen molar-refractivity contribution in [1.29, 1.82) is 0 Å². The summed E-state index contributed by atoms with van der Waals surface area (Å²) in [6.07, 6.45) is 3.80. The van der Waals surface area contributed by atoms with E-state index in [1.54, 1.807) is 31.2 Å². The van der Waals surface area contributed by atoms with Crippen molar-refractivity contribution in [2.75, 3.05) is 17.2 Å². The molecule has 0 radical (unpaired) electrons. The average Bonchev–Trinajstić information content (AvgIpc) is 3.06. The van der Waals surface area contributed by atoms with E-state index < -0.39 is 0 Å².